The molecule has 1 aliphatic rings. The maximum atomic E-state index is 11.9. The van der Waals surface area contributed by atoms with E-state index in [-0.39, 0.29) is 13.0 Å². The highest BCUT2D eigenvalue weighted by Gasteiger charge is 2.27. The van der Waals surface area contributed by atoms with Crippen molar-refractivity contribution in [2.45, 2.75) is 19.1 Å². The fourth-order valence-electron chi connectivity index (χ4n) is 1.87. The van der Waals surface area contributed by atoms with Gasteiger partial charge >= 0.3 is 6.18 Å². The van der Waals surface area contributed by atoms with Crippen LogP contribution in [0, 0.1) is 0 Å². The Morgan fingerprint density at radius 3 is 2.75 bits per heavy atom. The van der Waals surface area contributed by atoms with Gasteiger partial charge < -0.3 is 14.6 Å². The van der Waals surface area contributed by atoms with E-state index in [2.05, 4.69) is 25.1 Å². The van der Waals surface area contributed by atoms with Gasteiger partial charge in [0.05, 0.1) is 19.6 Å². The quantitative estimate of drug-likeness (QED) is 0.775. The van der Waals surface area contributed by atoms with Crippen LogP contribution in [0.25, 0.3) is 0 Å². The summed E-state index contributed by atoms with van der Waals surface area (Å²) in [5.74, 6) is 0.857. The van der Waals surface area contributed by atoms with Crippen LogP contribution >= 0.6 is 0 Å². The minimum absolute atomic E-state index is 0.0885. The molecule has 0 atom stereocenters. The van der Waals surface area contributed by atoms with Crippen LogP contribution in [0.2, 0.25) is 0 Å². The molecule has 0 unspecified atom stereocenters. The molecule has 114 valence electrons. The second kappa shape index (κ2) is 7.00. The van der Waals surface area contributed by atoms with E-state index in [1.807, 2.05) is 0 Å². The van der Waals surface area contributed by atoms with Crippen molar-refractivity contribution < 1.29 is 22.4 Å². The molecule has 0 radical (unpaired) electrons. The molecule has 6 nitrogen and oxygen atoms in total. The molecule has 20 heavy (non-hydrogen) atoms. The lowest BCUT2D eigenvalue weighted by molar-refractivity contribution is -0.173. The van der Waals surface area contributed by atoms with Gasteiger partial charge in [-0.15, -0.1) is 0 Å². The lowest BCUT2D eigenvalue weighted by Gasteiger charge is -2.25. The third-order valence-corrected chi connectivity index (χ3v) is 2.81. The third kappa shape index (κ3) is 5.43. The average Bonchev–Trinajstić information content (AvgIpc) is 2.82. The monoisotopic (exact) mass is 294 g/mol. The number of hydrogen-bond donors (Lipinski definition) is 1. The molecular formula is C11H17F3N4O2. The van der Waals surface area contributed by atoms with E-state index in [1.54, 1.807) is 0 Å². The van der Waals surface area contributed by atoms with Crippen molar-refractivity contribution in [2.75, 3.05) is 39.4 Å². The Hall–Kier alpha value is -1.19. The zero-order valence-electron chi connectivity index (χ0n) is 10.9. The zero-order valence-corrected chi connectivity index (χ0v) is 10.9. The summed E-state index contributed by atoms with van der Waals surface area (Å²) in [5, 5.41) is 7.05. The Bertz CT molecular complexity index is 405. The van der Waals surface area contributed by atoms with Gasteiger partial charge in [0, 0.05) is 26.2 Å². The number of ether oxygens (including phenoxy) is 1. The van der Waals surface area contributed by atoms with Gasteiger partial charge in [0.1, 0.15) is 6.61 Å². The van der Waals surface area contributed by atoms with Crippen molar-refractivity contribution in [1.29, 1.82) is 0 Å². The van der Waals surface area contributed by atoms with Crippen LogP contribution in [0.15, 0.2) is 4.52 Å². The molecule has 0 aliphatic carbocycles. The Morgan fingerprint density at radius 2 is 2.05 bits per heavy atom. The van der Waals surface area contributed by atoms with E-state index in [9.17, 15) is 13.2 Å². The predicted molar refractivity (Wildman–Crippen MR) is 63.0 cm³/mol. The number of hydrogen-bond acceptors (Lipinski definition) is 6. The molecular weight excluding hydrogens is 277 g/mol. The number of halogens is 3. The average molecular weight is 294 g/mol. The number of alkyl halides is 3. The highest BCUT2D eigenvalue weighted by Crippen LogP contribution is 2.14. The van der Waals surface area contributed by atoms with Crippen molar-refractivity contribution in [3.05, 3.63) is 11.7 Å². The second-order valence-electron chi connectivity index (χ2n) is 4.55. The standard InChI is InChI=1S/C11H17F3N4O2/c12-11(13,14)8-19-6-1-10-16-9(17-20-10)7-18-4-2-15-3-5-18/h15H,1-8H2. The molecule has 2 heterocycles. The molecule has 1 aromatic heterocycles. The summed E-state index contributed by atoms with van der Waals surface area (Å²) >= 11 is 0. The molecule has 1 aliphatic heterocycles. The smallest absolute Gasteiger partial charge is 0.372 e. The minimum atomic E-state index is -4.30. The van der Waals surface area contributed by atoms with E-state index in [0.29, 0.717) is 18.3 Å². The van der Waals surface area contributed by atoms with Gasteiger partial charge in [-0.05, 0) is 0 Å². The van der Waals surface area contributed by atoms with Crippen LogP contribution < -0.4 is 5.32 Å². The summed E-state index contributed by atoms with van der Waals surface area (Å²) in [4.78, 5) is 6.32. The van der Waals surface area contributed by atoms with Crippen LogP contribution in [0.5, 0.6) is 0 Å². The molecule has 0 aromatic carbocycles. The van der Waals surface area contributed by atoms with Crippen LogP contribution in [-0.4, -0.2) is 60.6 Å². The molecule has 1 N–H and O–H groups in total. The van der Waals surface area contributed by atoms with Crippen LogP contribution in [0.4, 0.5) is 13.2 Å². The summed E-state index contributed by atoms with van der Waals surface area (Å²) in [6, 6.07) is 0. The second-order valence-corrected chi connectivity index (χ2v) is 4.55. The number of rotatable bonds is 6. The summed E-state index contributed by atoms with van der Waals surface area (Å²) in [5.41, 5.74) is 0. The van der Waals surface area contributed by atoms with Gasteiger partial charge in [0.2, 0.25) is 5.89 Å². The van der Waals surface area contributed by atoms with Crippen molar-refractivity contribution in [3.8, 4) is 0 Å². The normalized spacial score (nSPS) is 17.6. The Kier molecular flexibility index (Phi) is 5.32. The van der Waals surface area contributed by atoms with Crippen molar-refractivity contribution in [1.82, 2.24) is 20.4 Å². The molecule has 0 spiro atoms. The molecule has 1 fully saturated rings. The molecule has 0 bridgehead atoms. The van der Waals surface area contributed by atoms with Gasteiger partial charge in [-0.3, -0.25) is 4.90 Å². The van der Waals surface area contributed by atoms with Gasteiger partial charge in [-0.25, -0.2) is 0 Å². The van der Waals surface area contributed by atoms with E-state index in [4.69, 9.17) is 4.52 Å². The van der Waals surface area contributed by atoms with Crippen LogP contribution in [0.3, 0.4) is 0 Å². The van der Waals surface area contributed by atoms with Crippen LogP contribution in [0.1, 0.15) is 11.7 Å². The van der Waals surface area contributed by atoms with Gasteiger partial charge in [-0.1, -0.05) is 5.16 Å². The topological polar surface area (TPSA) is 63.4 Å². The maximum absolute atomic E-state index is 11.9. The third-order valence-electron chi connectivity index (χ3n) is 2.81. The number of nitrogens with zero attached hydrogens (tertiary/aromatic N) is 3. The fraction of sp³-hybridized carbons (Fsp3) is 0.818. The van der Waals surface area contributed by atoms with Crippen molar-refractivity contribution in [3.63, 3.8) is 0 Å². The van der Waals surface area contributed by atoms with Gasteiger partial charge in [-0.2, -0.15) is 18.2 Å². The number of nitrogens with one attached hydrogen (secondary N) is 1. The first-order valence-corrected chi connectivity index (χ1v) is 6.42. The lowest BCUT2D eigenvalue weighted by Crippen LogP contribution is -2.43. The first-order chi connectivity index (χ1) is 9.53. The Balaban J connectivity index is 1.69. The first kappa shape index (κ1) is 15.2. The number of aromatic nitrogens is 2. The van der Waals surface area contributed by atoms with E-state index in [1.165, 1.54) is 0 Å². The molecule has 1 aromatic rings. The van der Waals surface area contributed by atoms with E-state index >= 15 is 0 Å². The van der Waals surface area contributed by atoms with Crippen molar-refractivity contribution in [2.24, 2.45) is 0 Å². The maximum Gasteiger partial charge on any atom is 0.411 e. The van der Waals surface area contributed by atoms with Gasteiger partial charge in [0.15, 0.2) is 5.82 Å². The highest BCUT2D eigenvalue weighted by atomic mass is 19.4. The summed E-state index contributed by atoms with van der Waals surface area (Å²) in [7, 11) is 0. The van der Waals surface area contributed by atoms with Crippen LogP contribution in [-0.2, 0) is 17.7 Å². The largest absolute Gasteiger partial charge is 0.411 e. The molecule has 1 saturated heterocycles. The Morgan fingerprint density at radius 1 is 1.30 bits per heavy atom. The predicted octanol–water partition coefficient (Wildman–Crippen LogP) is 0.596. The molecule has 2 rings (SSSR count). The van der Waals surface area contributed by atoms with E-state index in [0.717, 1.165) is 26.2 Å². The SMILES string of the molecule is FC(F)(F)COCCc1nc(CN2CCNCC2)no1. The van der Waals surface area contributed by atoms with Gasteiger partial charge in [0.25, 0.3) is 0 Å². The molecule has 9 heteroatoms. The minimum Gasteiger partial charge on any atom is -0.372 e. The summed E-state index contributed by atoms with van der Waals surface area (Å²) in [6.45, 7) is 2.93. The zero-order chi connectivity index (χ0) is 14.4. The fourth-order valence-corrected chi connectivity index (χ4v) is 1.87. The highest BCUT2D eigenvalue weighted by molar-refractivity contribution is 4.87. The lowest BCUT2D eigenvalue weighted by atomic mass is 10.3. The summed E-state index contributed by atoms with van der Waals surface area (Å²) < 4.78 is 45.0. The number of piperazine rings is 1. The first-order valence-electron chi connectivity index (χ1n) is 6.42. The molecule has 0 saturated carbocycles. The van der Waals surface area contributed by atoms with Crippen molar-refractivity contribution >= 4 is 0 Å². The summed E-state index contributed by atoms with van der Waals surface area (Å²) in [6.07, 6.45) is -4.12. The Labute approximate surface area is 114 Å². The van der Waals surface area contributed by atoms with E-state index < -0.39 is 12.8 Å². The molecule has 0 amide bonds.